The molecule has 19 heavy (non-hydrogen) atoms. The molecule has 1 atom stereocenters. The van der Waals surface area contributed by atoms with Gasteiger partial charge in [-0.05, 0) is 19.1 Å². The first kappa shape index (κ1) is 12.1. The molecule has 2 aromatic rings. The fourth-order valence-electron chi connectivity index (χ4n) is 2.57. The molecule has 0 spiro atoms. The molecule has 98 valence electrons. The Bertz CT molecular complexity index is 606. The number of pyridine rings is 1. The van der Waals surface area contributed by atoms with Gasteiger partial charge >= 0.3 is 0 Å². The molecule has 1 saturated heterocycles. The molecular formula is C15H17N3O. The molecule has 3 rings (SSSR count). The molecule has 1 N–H and O–H groups in total. The highest BCUT2D eigenvalue weighted by atomic mass is 16.2. The zero-order valence-corrected chi connectivity index (χ0v) is 11.0. The number of hydrogen-bond donors (Lipinski definition) is 1. The van der Waals surface area contributed by atoms with Gasteiger partial charge in [0.15, 0.2) is 0 Å². The Morgan fingerprint density at radius 3 is 3.05 bits per heavy atom. The van der Waals surface area contributed by atoms with E-state index in [1.807, 2.05) is 35.2 Å². The van der Waals surface area contributed by atoms with Gasteiger partial charge < -0.3 is 10.2 Å². The first-order valence-corrected chi connectivity index (χ1v) is 6.63. The Kier molecular flexibility index (Phi) is 3.17. The average molecular weight is 255 g/mol. The highest BCUT2D eigenvalue weighted by molar-refractivity contribution is 6.05. The van der Waals surface area contributed by atoms with E-state index in [1.165, 1.54) is 0 Å². The number of carbonyl (C=O) groups excluding carboxylic acids is 1. The van der Waals surface area contributed by atoms with Crippen molar-refractivity contribution in [1.82, 2.24) is 15.2 Å². The van der Waals surface area contributed by atoms with Crippen molar-refractivity contribution in [2.45, 2.75) is 13.0 Å². The number of amides is 1. The summed E-state index contributed by atoms with van der Waals surface area (Å²) in [5.74, 6) is 0.0818. The van der Waals surface area contributed by atoms with Crippen molar-refractivity contribution in [2.24, 2.45) is 0 Å². The molecule has 1 unspecified atom stereocenters. The first-order chi connectivity index (χ1) is 9.27. The summed E-state index contributed by atoms with van der Waals surface area (Å²) in [6.07, 6.45) is 1.74. The summed E-state index contributed by atoms with van der Waals surface area (Å²) in [4.78, 5) is 19.0. The molecule has 1 amide bonds. The lowest BCUT2D eigenvalue weighted by atomic mass is 10.1. The lowest BCUT2D eigenvalue weighted by molar-refractivity contribution is 0.0657. The van der Waals surface area contributed by atoms with Crippen LogP contribution in [0.25, 0.3) is 10.9 Å². The number of fused-ring (bicyclic) bond motifs is 1. The third-order valence-corrected chi connectivity index (χ3v) is 3.63. The van der Waals surface area contributed by atoms with Gasteiger partial charge in [-0.15, -0.1) is 0 Å². The minimum Gasteiger partial charge on any atom is -0.333 e. The fourth-order valence-corrected chi connectivity index (χ4v) is 2.57. The van der Waals surface area contributed by atoms with Crippen molar-refractivity contribution in [3.63, 3.8) is 0 Å². The van der Waals surface area contributed by atoms with E-state index < -0.39 is 0 Å². The molecule has 1 aromatic carbocycles. The Morgan fingerprint density at radius 1 is 1.37 bits per heavy atom. The summed E-state index contributed by atoms with van der Waals surface area (Å²) >= 11 is 0. The van der Waals surface area contributed by atoms with Crippen LogP contribution in [0.2, 0.25) is 0 Å². The van der Waals surface area contributed by atoms with Gasteiger partial charge in [0.25, 0.3) is 5.91 Å². The molecule has 4 heteroatoms. The highest BCUT2D eigenvalue weighted by Gasteiger charge is 2.25. The summed E-state index contributed by atoms with van der Waals surface area (Å²) in [5.41, 5.74) is 1.49. The second-order valence-electron chi connectivity index (χ2n) is 4.93. The number of piperazine rings is 1. The van der Waals surface area contributed by atoms with Crippen molar-refractivity contribution in [3.8, 4) is 0 Å². The van der Waals surface area contributed by atoms with Crippen LogP contribution in [0.4, 0.5) is 0 Å². The number of aromatic nitrogens is 1. The van der Waals surface area contributed by atoms with Crippen molar-refractivity contribution >= 4 is 16.8 Å². The SMILES string of the molecule is CC1CNCCN1C(=O)c1cccc2cccnc12. The summed E-state index contributed by atoms with van der Waals surface area (Å²) in [6, 6.07) is 9.88. The van der Waals surface area contributed by atoms with E-state index in [4.69, 9.17) is 0 Å². The fraction of sp³-hybridized carbons (Fsp3) is 0.333. The Balaban J connectivity index is 2.01. The van der Waals surface area contributed by atoms with Crippen LogP contribution in [0.1, 0.15) is 17.3 Å². The molecule has 0 bridgehead atoms. The Labute approximate surface area is 112 Å². The van der Waals surface area contributed by atoms with E-state index in [1.54, 1.807) is 6.20 Å². The van der Waals surface area contributed by atoms with Crippen LogP contribution in [0.15, 0.2) is 36.5 Å². The third kappa shape index (κ3) is 2.19. The van der Waals surface area contributed by atoms with E-state index >= 15 is 0 Å². The lowest BCUT2D eigenvalue weighted by Gasteiger charge is -2.34. The smallest absolute Gasteiger partial charge is 0.256 e. The highest BCUT2D eigenvalue weighted by Crippen LogP contribution is 2.19. The van der Waals surface area contributed by atoms with Crippen LogP contribution >= 0.6 is 0 Å². The molecule has 1 aromatic heterocycles. The third-order valence-electron chi connectivity index (χ3n) is 3.63. The predicted octanol–water partition coefficient (Wildman–Crippen LogP) is 1.67. The topological polar surface area (TPSA) is 45.2 Å². The number of benzene rings is 1. The molecule has 1 aliphatic rings. The number of nitrogens with one attached hydrogen (secondary N) is 1. The van der Waals surface area contributed by atoms with Crippen LogP contribution in [-0.4, -0.2) is 41.5 Å². The summed E-state index contributed by atoms with van der Waals surface area (Å²) in [7, 11) is 0. The van der Waals surface area contributed by atoms with E-state index in [0.29, 0.717) is 5.56 Å². The quantitative estimate of drug-likeness (QED) is 0.843. The van der Waals surface area contributed by atoms with Crippen molar-refractivity contribution in [1.29, 1.82) is 0 Å². The van der Waals surface area contributed by atoms with Crippen LogP contribution in [0, 0.1) is 0 Å². The molecule has 0 saturated carbocycles. The molecule has 0 aliphatic carbocycles. The summed E-state index contributed by atoms with van der Waals surface area (Å²) in [6.45, 7) is 4.53. The second-order valence-corrected chi connectivity index (χ2v) is 4.93. The molecule has 4 nitrogen and oxygen atoms in total. The molecule has 2 heterocycles. The molecular weight excluding hydrogens is 238 g/mol. The van der Waals surface area contributed by atoms with Gasteiger partial charge in [-0.3, -0.25) is 9.78 Å². The summed E-state index contributed by atoms with van der Waals surface area (Å²) < 4.78 is 0. The number of rotatable bonds is 1. The predicted molar refractivity (Wildman–Crippen MR) is 75.1 cm³/mol. The maximum Gasteiger partial charge on any atom is 0.256 e. The minimum atomic E-state index is 0.0818. The van der Waals surface area contributed by atoms with E-state index in [2.05, 4.69) is 17.2 Å². The number of nitrogens with zero attached hydrogens (tertiary/aromatic N) is 2. The minimum absolute atomic E-state index is 0.0818. The maximum absolute atomic E-state index is 12.7. The molecule has 0 radical (unpaired) electrons. The number of para-hydroxylation sites is 1. The maximum atomic E-state index is 12.7. The first-order valence-electron chi connectivity index (χ1n) is 6.63. The van der Waals surface area contributed by atoms with Crippen LogP contribution in [0.3, 0.4) is 0 Å². The van der Waals surface area contributed by atoms with Crippen LogP contribution in [0.5, 0.6) is 0 Å². The lowest BCUT2D eigenvalue weighted by Crippen LogP contribution is -2.52. The van der Waals surface area contributed by atoms with Gasteiger partial charge in [-0.1, -0.05) is 18.2 Å². The van der Waals surface area contributed by atoms with E-state index in [-0.39, 0.29) is 11.9 Å². The zero-order valence-electron chi connectivity index (χ0n) is 11.0. The van der Waals surface area contributed by atoms with Gasteiger partial charge in [-0.2, -0.15) is 0 Å². The van der Waals surface area contributed by atoms with Crippen molar-refractivity contribution < 1.29 is 4.79 Å². The molecule has 1 fully saturated rings. The van der Waals surface area contributed by atoms with Gasteiger partial charge in [0.05, 0.1) is 11.1 Å². The van der Waals surface area contributed by atoms with Crippen molar-refractivity contribution in [3.05, 3.63) is 42.1 Å². The van der Waals surface area contributed by atoms with Crippen LogP contribution in [-0.2, 0) is 0 Å². The van der Waals surface area contributed by atoms with E-state index in [0.717, 1.165) is 30.5 Å². The Hall–Kier alpha value is -1.94. The van der Waals surface area contributed by atoms with Gasteiger partial charge in [0.1, 0.15) is 0 Å². The monoisotopic (exact) mass is 255 g/mol. The normalized spacial score (nSPS) is 19.6. The van der Waals surface area contributed by atoms with Crippen molar-refractivity contribution in [2.75, 3.05) is 19.6 Å². The largest absolute Gasteiger partial charge is 0.333 e. The number of carbonyl (C=O) groups is 1. The average Bonchev–Trinajstić information content (AvgIpc) is 2.46. The standard InChI is InChI=1S/C15H17N3O/c1-11-10-16-8-9-18(11)15(19)13-6-2-4-12-5-3-7-17-14(12)13/h2-7,11,16H,8-10H2,1H3. The Morgan fingerprint density at radius 2 is 2.21 bits per heavy atom. The van der Waals surface area contributed by atoms with Gasteiger partial charge in [0.2, 0.25) is 0 Å². The second kappa shape index (κ2) is 4.97. The zero-order chi connectivity index (χ0) is 13.2. The molecule has 1 aliphatic heterocycles. The van der Waals surface area contributed by atoms with Gasteiger partial charge in [-0.25, -0.2) is 0 Å². The van der Waals surface area contributed by atoms with Crippen LogP contribution < -0.4 is 5.32 Å². The number of hydrogen-bond acceptors (Lipinski definition) is 3. The van der Waals surface area contributed by atoms with E-state index in [9.17, 15) is 4.79 Å². The van der Waals surface area contributed by atoms with Gasteiger partial charge in [0, 0.05) is 37.3 Å². The summed E-state index contributed by atoms with van der Waals surface area (Å²) in [5, 5.41) is 4.31.